The highest BCUT2D eigenvalue weighted by Crippen LogP contribution is 2.34. The van der Waals surface area contributed by atoms with Crippen LogP contribution in [0.1, 0.15) is 46.0 Å². The normalized spacial score (nSPS) is 33.5. The molecule has 0 bridgehead atoms. The molecule has 1 aliphatic heterocycles. The van der Waals surface area contributed by atoms with E-state index in [1.165, 1.54) is 0 Å². The van der Waals surface area contributed by atoms with Gasteiger partial charge in [-0.25, -0.2) is 9.59 Å². The number of aliphatic carboxylic acids is 1. The number of amides is 2. The number of thioether (sulfide) groups is 1. The van der Waals surface area contributed by atoms with Crippen LogP contribution in [0.3, 0.4) is 0 Å². The first-order valence-corrected chi connectivity index (χ1v) is 9.04. The fraction of sp³-hybridized carbons (Fsp3) is 0.867. The Morgan fingerprint density at radius 3 is 2.57 bits per heavy atom. The van der Waals surface area contributed by atoms with Gasteiger partial charge in [-0.1, -0.05) is 13.3 Å². The number of carbonyl (C=O) groups excluding carboxylic acids is 1. The third-order valence-corrected chi connectivity index (χ3v) is 6.11. The van der Waals surface area contributed by atoms with Gasteiger partial charge in [0.25, 0.3) is 0 Å². The van der Waals surface area contributed by atoms with E-state index in [4.69, 9.17) is 0 Å². The van der Waals surface area contributed by atoms with Gasteiger partial charge in [-0.05, 0) is 38.5 Å². The Bertz CT molecular complexity index is 394. The Morgan fingerprint density at radius 2 is 2.05 bits per heavy atom. The molecule has 1 atom stereocenters. The van der Waals surface area contributed by atoms with Gasteiger partial charge in [0.2, 0.25) is 0 Å². The van der Waals surface area contributed by atoms with Gasteiger partial charge in [0.05, 0.1) is 0 Å². The molecular formula is C15H26N2O3S. The van der Waals surface area contributed by atoms with Crippen molar-refractivity contribution in [3.8, 4) is 0 Å². The molecule has 0 aromatic heterocycles. The maximum Gasteiger partial charge on any atom is 0.329 e. The number of rotatable bonds is 3. The van der Waals surface area contributed by atoms with Crippen molar-refractivity contribution in [3.05, 3.63) is 0 Å². The van der Waals surface area contributed by atoms with E-state index >= 15 is 0 Å². The zero-order valence-corrected chi connectivity index (χ0v) is 13.7. The lowest BCUT2D eigenvalue weighted by atomic mass is 9.75. The molecule has 0 aromatic rings. The number of carboxylic acid groups (broad SMARTS) is 1. The number of carboxylic acids is 1. The van der Waals surface area contributed by atoms with Crippen molar-refractivity contribution in [2.45, 2.75) is 57.5 Å². The van der Waals surface area contributed by atoms with Crippen molar-refractivity contribution in [2.24, 2.45) is 5.92 Å². The predicted octanol–water partition coefficient (Wildman–Crippen LogP) is 2.56. The van der Waals surface area contributed by atoms with Crippen molar-refractivity contribution in [2.75, 3.05) is 18.1 Å². The summed E-state index contributed by atoms with van der Waals surface area (Å²) in [5.74, 6) is 1.56. The molecule has 0 spiro atoms. The van der Waals surface area contributed by atoms with Gasteiger partial charge < -0.3 is 15.3 Å². The second-order valence-electron chi connectivity index (χ2n) is 6.29. The van der Waals surface area contributed by atoms with Crippen LogP contribution in [0, 0.1) is 5.92 Å². The molecule has 1 saturated carbocycles. The Kier molecular flexibility index (Phi) is 5.41. The van der Waals surface area contributed by atoms with Gasteiger partial charge in [-0.15, -0.1) is 0 Å². The third-order valence-electron chi connectivity index (χ3n) is 4.92. The standard InChI is InChI=1S/C15H26N2O3S/c1-3-12-4-6-15(7-5-12,13(18)19)16-14(20)17-8-9-21-10-11(17)2/h11-12H,3-10H2,1-2H3,(H,16,20)(H,18,19). The molecular weight excluding hydrogens is 288 g/mol. The van der Waals surface area contributed by atoms with Gasteiger partial charge in [-0.3, -0.25) is 0 Å². The number of urea groups is 1. The molecule has 1 aliphatic carbocycles. The fourth-order valence-electron chi connectivity index (χ4n) is 3.28. The lowest BCUT2D eigenvalue weighted by Crippen LogP contribution is -2.61. The first-order valence-electron chi connectivity index (χ1n) is 7.88. The molecule has 2 N–H and O–H groups in total. The number of nitrogens with zero attached hydrogens (tertiary/aromatic N) is 1. The highest BCUT2D eigenvalue weighted by Gasteiger charge is 2.44. The van der Waals surface area contributed by atoms with Gasteiger partial charge in [0.15, 0.2) is 0 Å². The molecule has 0 aromatic carbocycles. The van der Waals surface area contributed by atoms with E-state index in [-0.39, 0.29) is 12.1 Å². The Hall–Kier alpha value is -0.910. The largest absolute Gasteiger partial charge is 0.480 e. The van der Waals surface area contributed by atoms with E-state index in [9.17, 15) is 14.7 Å². The summed E-state index contributed by atoms with van der Waals surface area (Å²) in [4.78, 5) is 26.0. The topological polar surface area (TPSA) is 69.6 Å². The summed E-state index contributed by atoms with van der Waals surface area (Å²) in [6, 6.07) is -0.0401. The van der Waals surface area contributed by atoms with Crippen molar-refractivity contribution in [1.29, 1.82) is 0 Å². The first kappa shape index (κ1) is 16.5. The van der Waals surface area contributed by atoms with Crippen LogP contribution < -0.4 is 5.32 Å². The summed E-state index contributed by atoms with van der Waals surface area (Å²) >= 11 is 1.84. The lowest BCUT2D eigenvalue weighted by Gasteiger charge is -2.40. The second kappa shape index (κ2) is 6.90. The maximum absolute atomic E-state index is 12.5. The summed E-state index contributed by atoms with van der Waals surface area (Å²) in [6.45, 7) is 4.86. The smallest absolute Gasteiger partial charge is 0.329 e. The van der Waals surface area contributed by atoms with Crippen molar-refractivity contribution < 1.29 is 14.7 Å². The summed E-state index contributed by atoms with van der Waals surface area (Å²) in [5, 5.41) is 12.5. The zero-order valence-electron chi connectivity index (χ0n) is 12.9. The van der Waals surface area contributed by atoms with Crippen LogP contribution in [0.15, 0.2) is 0 Å². The van der Waals surface area contributed by atoms with E-state index < -0.39 is 11.5 Å². The van der Waals surface area contributed by atoms with E-state index in [0.717, 1.165) is 30.8 Å². The van der Waals surface area contributed by atoms with Crippen LogP contribution in [0.4, 0.5) is 4.79 Å². The number of hydrogen-bond donors (Lipinski definition) is 2. The van der Waals surface area contributed by atoms with Crippen LogP contribution in [0.2, 0.25) is 0 Å². The van der Waals surface area contributed by atoms with Crippen molar-refractivity contribution >= 4 is 23.8 Å². The van der Waals surface area contributed by atoms with E-state index in [1.54, 1.807) is 4.90 Å². The minimum atomic E-state index is -1.06. The van der Waals surface area contributed by atoms with Gasteiger partial charge >= 0.3 is 12.0 Å². The molecule has 21 heavy (non-hydrogen) atoms. The quantitative estimate of drug-likeness (QED) is 0.840. The summed E-state index contributed by atoms with van der Waals surface area (Å²) in [6.07, 6.45) is 3.94. The molecule has 1 unspecified atom stereocenters. The van der Waals surface area contributed by atoms with Crippen LogP contribution >= 0.6 is 11.8 Å². The summed E-state index contributed by atoms with van der Waals surface area (Å²) in [7, 11) is 0. The summed E-state index contributed by atoms with van der Waals surface area (Å²) < 4.78 is 0. The fourth-order valence-corrected chi connectivity index (χ4v) is 4.29. The molecule has 1 heterocycles. The van der Waals surface area contributed by atoms with Gasteiger partial charge in [0, 0.05) is 24.1 Å². The minimum absolute atomic E-state index is 0.168. The molecule has 2 rings (SSSR count). The van der Waals surface area contributed by atoms with Crippen LogP contribution in [0.25, 0.3) is 0 Å². The average Bonchev–Trinajstić information content (AvgIpc) is 2.48. The Labute approximate surface area is 130 Å². The lowest BCUT2D eigenvalue weighted by molar-refractivity contribution is -0.146. The summed E-state index contributed by atoms with van der Waals surface area (Å²) in [5.41, 5.74) is -1.06. The molecule has 120 valence electrons. The number of hydrogen-bond acceptors (Lipinski definition) is 3. The van der Waals surface area contributed by atoms with Gasteiger partial charge in [0.1, 0.15) is 5.54 Å². The van der Waals surface area contributed by atoms with Crippen LogP contribution in [-0.4, -0.2) is 51.6 Å². The van der Waals surface area contributed by atoms with Crippen LogP contribution in [0.5, 0.6) is 0 Å². The number of carbonyl (C=O) groups is 2. The molecule has 1 saturated heterocycles. The van der Waals surface area contributed by atoms with E-state index in [0.29, 0.717) is 25.3 Å². The minimum Gasteiger partial charge on any atom is -0.480 e. The van der Waals surface area contributed by atoms with E-state index in [1.807, 2.05) is 18.7 Å². The zero-order chi connectivity index (χ0) is 15.5. The molecule has 2 aliphatic rings. The predicted molar refractivity (Wildman–Crippen MR) is 84.6 cm³/mol. The first-order chi connectivity index (χ1) is 9.98. The number of nitrogens with one attached hydrogen (secondary N) is 1. The average molecular weight is 314 g/mol. The molecule has 0 radical (unpaired) electrons. The van der Waals surface area contributed by atoms with Crippen molar-refractivity contribution in [1.82, 2.24) is 10.2 Å². The molecule has 2 fully saturated rings. The van der Waals surface area contributed by atoms with E-state index in [2.05, 4.69) is 12.2 Å². The molecule has 2 amide bonds. The highest BCUT2D eigenvalue weighted by molar-refractivity contribution is 7.99. The molecule has 5 nitrogen and oxygen atoms in total. The maximum atomic E-state index is 12.5. The molecule has 6 heteroatoms. The monoisotopic (exact) mass is 314 g/mol. The highest BCUT2D eigenvalue weighted by atomic mass is 32.2. The van der Waals surface area contributed by atoms with Crippen molar-refractivity contribution in [3.63, 3.8) is 0 Å². The van der Waals surface area contributed by atoms with Gasteiger partial charge in [-0.2, -0.15) is 11.8 Å². The SMILES string of the molecule is CCC1CCC(NC(=O)N2CCSCC2C)(C(=O)O)CC1. The third kappa shape index (κ3) is 3.65. The Balaban J connectivity index is 2.03. The Morgan fingerprint density at radius 1 is 1.38 bits per heavy atom. The van der Waals surface area contributed by atoms with Crippen LogP contribution in [-0.2, 0) is 4.79 Å². The second-order valence-corrected chi connectivity index (χ2v) is 7.44.